The van der Waals surface area contributed by atoms with Gasteiger partial charge in [0.05, 0.1) is 18.3 Å². The second-order valence-electron chi connectivity index (χ2n) is 8.89. The standard InChI is InChI=1S/C23H32O4/c1-15(2)23(25)13-12-22(4)11-10-16(3)14-19(20(22)23)27-21(24)17-6-8-18(26-5)9-7-17/h6-9,14-15,19-20,25H,10-13H2,1-5H3/t19-,20+,22-,23+/m0/s1. The Morgan fingerprint density at radius 3 is 2.44 bits per heavy atom. The van der Waals surface area contributed by atoms with Gasteiger partial charge in [-0.1, -0.05) is 26.3 Å². The van der Waals surface area contributed by atoms with Gasteiger partial charge in [0, 0.05) is 5.92 Å². The molecule has 0 saturated heterocycles. The van der Waals surface area contributed by atoms with Gasteiger partial charge in [-0.05, 0) is 74.3 Å². The van der Waals surface area contributed by atoms with Crippen LogP contribution in [0.3, 0.4) is 0 Å². The van der Waals surface area contributed by atoms with Crippen LogP contribution in [0.1, 0.15) is 63.7 Å². The maximum absolute atomic E-state index is 12.8. The molecule has 0 spiro atoms. The Hall–Kier alpha value is -1.81. The molecule has 0 aliphatic heterocycles. The Balaban J connectivity index is 1.92. The highest BCUT2D eigenvalue weighted by atomic mass is 16.5. The first-order valence-electron chi connectivity index (χ1n) is 9.94. The van der Waals surface area contributed by atoms with Crippen LogP contribution in [0.15, 0.2) is 35.9 Å². The third-order valence-electron chi connectivity index (χ3n) is 6.82. The lowest BCUT2D eigenvalue weighted by molar-refractivity contribution is -0.102. The van der Waals surface area contributed by atoms with E-state index in [1.807, 2.05) is 0 Å². The highest BCUT2D eigenvalue weighted by Crippen LogP contribution is 2.58. The lowest BCUT2D eigenvalue weighted by atomic mass is 9.68. The third-order valence-corrected chi connectivity index (χ3v) is 6.82. The molecule has 1 fully saturated rings. The van der Waals surface area contributed by atoms with Crippen molar-refractivity contribution in [1.82, 2.24) is 0 Å². The maximum Gasteiger partial charge on any atom is 0.338 e. The van der Waals surface area contributed by atoms with Crippen LogP contribution in [-0.4, -0.2) is 29.9 Å². The molecule has 1 saturated carbocycles. The molecule has 2 aliphatic carbocycles. The summed E-state index contributed by atoms with van der Waals surface area (Å²) in [5, 5.41) is 11.5. The minimum Gasteiger partial charge on any atom is -0.497 e. The minimum atomic E-state index is -0.819. The van der Waals surface area contributed by atoms with E-state index in [9.17, 15) is 9.90 Å². The van der Waals surface area contributed by atoms with Crippen LogP contribution in [0.5, 0.6) is 5.75 Å². The number of hydrogen-bond acceptors (Lipinski definition) is 4. The number of carbonyl (C=O) groups excluding carboxylic acids is 1. The molecule has 148 valence electrons. The molecule has 4 heteroatoms. The molecule has 4 atom stereocenters. The van der Waals surface area contributed by atoms with Crippen LogP contribution in [-0.2, 0) is 4.74 Å². The fourth-order valence-corrected chi connectivity index (χ4v) is 4.97. The second-order valence-corrected chi connectivity index (χ2v) is 8.89. The Kier molecular flexibility index (Phi) is 5.40. The average Bonchev–Trinajstić information content (AvgIpc) is 2.85. The van der Waals surface area contributed by atoms with Crippen LogP contribution in [0.4, 0.5) is 0 Å². The molecule has 0 radical (unpaired) electrons. The fraction of sp³-hybridized carbons (Fsp3) is 0.609. The van der Waals surface area contributed by atoms with Gasteiger partial charge in [0.1, 0.15) is 11.9 Å². The number of fused-ring (bicyclic) bond motifs is 1. The number of rotatable bonds is 4. The quantitative estimate of drug-likeness (QED) is 0.611. The van der Waals surface area contributed by atoms with Crippen LogP contribution < -0.4 is 4.74 Å². The zero-order chi connectivity index (χ0) is 19.8. The summed E-state index contributed by atoms with van der Waals surface area (Å²) in [6, 6.07) is 6.96. The van der Waals surface area contributed by atoms with Crippen molar-refractivity contribution in [3.05, 3.63) is 41.5 Å². The van der Waals surface area contributed by atoms with Gasteiger partial charge >= 0.3 is 5.97 Å². The first-order chi connectivity index (χ1) is 12.7. The molecule has 0 bridgehead atoms. The number of ether oxygens (including phenoxy) is 2. The zero-order valence-electron chi connectivity index (χ0n) is 17.1. The van der Waals surface area contributed by atoms with Gasteiger partial charge in [0.15, 0.2) is 0 Å². The molecule has 1 aromatic rings. The van der Waals surface area contributed by atoms with Gasteiger partial charge in [0.2, 0.25) is 0 Å². The first-order valence-corrected chi connectivity index (χ1v) is 9.94. The number of carbonyl (C=O) groups is 1. The molecule has 0 aromatic heterocycles. The lowest BCUT2D eigenvalue weighted by Crippen LogP contribution is -2.49. The molecule has 4 nitrogen and oxygen atoms in total. The predicted molar refractivity (Wildman–Crippen MR) is 106 cm³/mol. The predicted octanol–water partition coefficient (Wildman–Crippen LogP) is 4.76. The summed E-state index contributed by atoms with van der Waals surface area (Å²) in [4.78, 5) is 12.8. The lowest BCUT2D eigenvalue weighted by Gasteiger charge is -2.43. The van der Waals surface area contributed by atoms with Crippen LogP contribution >= 0.6 is 0 Å². The summed E-state index contributed by atoms with van der Waals surface area (Å²) < 4.78 is 11.2. The van der Waals surface area contributed by atoms with Gasteiger partial charge < -0.3 is 14.6 Å². The van der Waals surface area contributed by atoms with Crippen molar-refractivity contribution in [2.24, 2.45) is 17.3 Å². The summed E-state index contributed by atoms with van der Waals surface area (Å²) in [6.45, 7) is 8.47. The van der Waals surface area contributed by atoms with Crippen molar-refractivity contribution in [2.45, 2.75) is 65.1 Å². The van der Waals surface area contributed by atoms with Crippen molar-refractivity contribution in [2.75, 3.05) is 7.11 Å². The molecular weight excluding hydrogens is 340 g/mol. The second kappa shape index (κ2) is 7.31. The number of allylic oxidation sites excluding steroid dienone is 1. The molecule has 3 rings (SSSR count). The van der Waals surface area contributed by atoms with E-state index in [-0.39, 0.29) is 23.2 Å². The van der Waals surface area contributed by atoms with Crippen molar-refractivity contribution in [1.29, 1.82) is 0 Å². The highest BCUT2D eigenvalue weighted by Gasteiger charge is 2.59. The van der Waals surface area contributed by atoms with Crippen LogP contribution in [0.25, 0.3) is 0 Å². The van der Waals surface area contributed by atoms with E-state index in [2.05, 4.69) is 33.8 Å². The van der Waals surface area contributed by atoms with E-state index in [0.29, 0.717) is 11.3 Å². The van der Waals surface area contributed by atoms with E-state index >= 15 is 0 Å². The van der Waals surface area contributed by atoms with Crippen molar-refractivity contribution < 1.29 is 19.4 Å². The van der Waals surface area contributed by atoms with E-state index in [1.54, 1.807) is 31.4 Å². The Labute approximate surface area is 162 Å². The van der Waals surface area contributed by atoms with Crippen LogP contribution in [0, 0.1) is 17.3 Å². The Bertz CT molecular complexity index is 720. The number of aliphatic hydroxyl groups is 1. The molecule has 2 aliphatic rings. The van der Waals surface area contributed by atoms with E-state index < -0.39 is 11.7 Å². The van der Waals surface area contributed by atoms with E-state index in [0.717, 1.165) is 25.7 Å². The van der Waals surface area contributed by atoms with Gasteiger partial charge in [-0.15, -0.1) is 0 Å². The highest BCUT2D eigenvalue weighted by molar-refractivity contribution is 5.89. The SMILES string of the molecule is COc1ccc(C(=O)O[C@H]2C=C(C)CC[C@@]3(C)CC[C@@](O)(C(C)C)[C@H]23)cc1. The van der Waals surface area contributed by atoms with Gasteiger partial charge in [-0.2, -0.15) is 0 Å². The third kappa shape index (κ3) is 3.64. The number of methoxy groups -OCH3 is 1. The van der Waals surface area contributed by atoms with Gasteiger partial charge in [0.25, 0.3) is 0 Å². The van der Waals surface area contributed by atoms with E-state index in [4.69, 9.17) is 9.47 Å². The first kappa shape index (κ1) is 19.9. The van der Waals surface area contributed by atoms with Crippen molar-refractivity contribution >= 4 is 5.97 Å². The average molecular weight is 373 g/mol. The van der Waals surface area contributed by atoms with Crippen molar-refractivity contribution in [3.8, 4) is 5.75 Å². The number of hydrogen-bond donors (Lipinski definition) is 1. The van der Waals surface area contributed by atoms with Gasteiger partial charge in [-0.3, -0.25) is 0 Å². The molecular formula is C23H32O4. The number of esters is 1. The molecule has 0 unspecified atom stereocenters. The Morgan fingerprint density at radius 2 is 1.85 bits per heavy atom. The summed E-state index contributed by atoms with van der Waals surface area (Å²) >= 11 is 0. The van der Waals surface area contributed by atoms with Gasteiger partial charge in [-0.25, -0.2) is 4.79 Å². The summed E-state index contributed by atoms with van der Waals surface area (Å²) in [5.41, 5.74) is 0.877. The fourth-order valence-electron chi connectivity index (χ4n) is 4.97. The largest absolute Gasteiger partial charge is 0.497 e. The maximum atomic E-state index is 12.8. The Morgan fingerprint density at radius 1 is 1.19 bits per heavy atom. The normalized spacial score (nSPS) is 33.2. The summed E-state index contributed by atoms with van der Waals surface area (Å²) in [5.74, 6) is 0.367. The van der Waals surface area contributed by atoms with Crippen LogP contribution in [0.2, 0.25) is 0 Å². The van der Waals surface area contributed by atoms with Crippen molar-refractivity contribution in [3.63, 3.8) is 0 Å². The molecule has 1 aromatic carbocycles. The molecule has 0 heterocycles. The zero-order valence-corrected chi connectivity index (χ0v) is 17.1. The smallest absolute Gasteiger partial charge is 0.338 e. The molecule has 0 amide bonds. The summed E-state index contributed by atoms with van der Waals surface area (Å²) in [7, 11) is 1.60. The summed E-state index contributed by atoms with van der Waals surface area (Å²) in [6.07, 6.45) is 5.38. The minimum absolute atomic E-state index is 0.0296. The molecule has 1 N–H and O–H groups in total. The van der Waals surface area contributed by atoms with E-state index in [1.165, 1.54) is 5.57 Å². The molecule has 27 heavy (non-hydrogen) atoms. The number of benzene rings is 1. The topological polar surface area (TPSA) is 55.8 Å². The monoisotopic (exact) mass is 372 g/mol.